The molecule has 19 heavy (non-hydrogen) atoms. The summed E-state index contributed by atoms with van der Waals surface area (Å²) in [7, 11) is 0. The Kier molecular flexibility index (Phi) is 3.11. The Bertz CT molecular complexity index is 576. The summed E-state index contributed by atoms with van der Waals surface area (Å²) < 4.78 is 1.88. The van der Waals surface area contributed by atoms with E-state index in [1.165, 1.54) is 5.56 Å². The standard InChI is InChI=1S/C15H19N3O/c1-10(2)18-9-12(8-17-18)15(19)13-6-5-11-4-3-7-16-14(11)13/h3-4,7-10,13,15,19H,5-6H2,1-2H3. The molecule has 4 nitrogen and oxygen atoms in total. The maximum absolute atomic E-state index is 10.6. The molecule has 0 spiro atoms. The molecule has 0 aromatic carbocycles. The van der Waals surface area contributed by atoms with Crippen LogP contribution in [0.2, 0.25) is 0 Å². The quantitative estimate of drug-likeness (QED) is 0.919. The monoisotopic (exact) mass is 257 g/mol. The van der Waals surface area contributed by atoms with Gasteiger partial charge in [-0.25, -0.2) is 0 Å². The van der Waals surface area contributed by atoms with Gasteiger partial charge in [0, 0.05) is 35.6 Å². The molecule has 2 aromatic heterocycles. The van der Waals surface area contributed by atoms with E-state index in [0.29, 0.717) is 6.04 Å². The average Bonchev–Trinajstić information content (AvgIpc) is 3.05. The molecule has 2 atom stereocenters. The van der Waals surface area contributed by atoms with Crippen LogP contribution in [-0.4, -0.2) is 19.9 Å². The molecule has 0 amide bonds. The Hall–Kier alpha value is -1.68. The zero-order valence-corrected chi connectivity index (χ0v) is 11.3. The first-order valence-corrected chi connectivity index (χ1v) is 6.82. The van der Waals surface area contributed by atoms with Crippen molar-refractivity contribution in [2.75, 3.05) is 0 Å². The molecule has 2 aromatic rings. The zero-order valence-electron chi connectivity index (χ0n) is 11.3. The normalized spacial score (nSPS) is 19.7. The third-order valence-electron chi connectivity index (χ3n) is 3.88. The lowest BCUT2D eigenvalue weighted by Crippen LogP contribution is -2.09. The van der Waals surface area contributed by atoms with Crippen molar-refractivity contribution < 1.29 is 5.11 Å². The fraction of sp³-hybridized carbons (Fsp3) is 0.467. The second-order valence-corrected chi connectivity index (χ2v) is 5.49. The van der Waals surface area contributed by atoms with Crippen molar-refractivity contribution >= 4 is 0 Å². The van der Waals surface area contributed by atoms with Crippen molar-refractivity contribution in [1.29, 1.82) is 0 Å². The maximum atomic E-state index is 10.6. The number of hydrogen-bond acceptors (Lipinski definition) is 3. The fourth-order valence-electron chi connectivity index (χ4n) is 2.77. The summed E-state index contributed by atoms with van der Waals surface area (Å²) in [4.78, 5) is 4.44. The Balaban J connectivity index is 1.86. The third kappa shape index (κ3) is 2.16. The molecular formula is C15H19N3O. The Morgan fingerprint density at radius 1 is 1.42 bits per heavy atom. The van der Waals surface area contributed by atoms with E-state index in [1.54, 1.807) is 12.4 Å². The lowest BCUT2D eigenvalue weighted by atomic mass is 9.95. The van der Waals surface area contributed by atoms with E-state index in [9.17, 15) is 5.11 Å². The van der Waals surface area contributed by atoms with E-state index in [-0.39, 0.29) is 5.92 Å². The van der Waals surface area contributed by atoms with Crippen molar-refractivity contribution in [1.82, 2.24) is 14.8 Å². The van der Waals surface area contributed by atoms with Crippen molar-refractivity contribution in [3.8, 4) is 0 Å². The predicted molar refractivity (Wildman–Crippen MR) is 72.9 cm³/mol. The van der Waals surface area contributed by atoms with Gasteiger partial charge in [-0.1, -0.05) is 6.07 Å². The number of fused-ring (bicyclic) bond motifs is 1. The SMILES string of the molecule is CC(C)n1cc(C(O)C2CCc3cccnc32)cn1. The van der Waals surface area contributed by atoms with Crippen molar-refractivity contribution in [3.63, 3.8) is 0 Å². The van der Waals surface area contributed by atoms with Crippen LogP contribution in [0.1, 0.15) is 55.2 Å². The number of aryl methyl sites for hydroxylation is 1. The van der Waals surface area contributed by atoms with Crippen molar-refractivity contribution in [3.05, 3.63) is 47.5 Å². The van der Waals surface area contributed by atoms with Gasteiger partial charge in [0.05, 0.1) is 12.3 Å². The smallest absolute Gasteiger partial charge is 0.0904 e. The highest BCUT2D eigenvalue weighted by atomic mass is 16.3. The van der Waals surface area contributed by atoms with Gasteiger partial charge in [-0.15, -0.1) is 0 Å². The van der Waals surface area contributed by atoms with Gasteiger partial charge in [0.25, 0.3) is 0 Å². The number of pyridine rings is 1. The van der Waals surface area contributed by atoms with E-state index in [1.807, 2.05) is 16.9 Å². The Morgan fingerprint density at radius 2 is 2.26 bits per heavy atom. The average molecular weight is 257 g/mol. The van der Waals surface area contributed by atoms with Crippen LogP contribution in [0.25, 0.3) is 0 Å². The van der Waals surface area contributed by atoms with Crippen LogP contribution in [0.15, 0.2) is 30.7 Å². The summed E-state index contributed by atoms with van der Waals surface area (Å²) in [6.07, 6.45) is 6.97. The lowest BCUT2D eigenvalue weighted by Gasteiger charge is -2.17. The first-order chi connectivity index (χ1) is 9.16. The number of hydrogen-bond donors (Lipinski definition) is 1. The van der Waals surface area contributed by atoms with Crippen LogP contribution in [0, 0.1) is 0 Å². The molecule has 1 aliphatic rings. The van der Waals surface area contributed by atoms with E-state index in [0.717, 1.165) is 24.1 Å². The third-order valence-corrected chi connectivity index (χ3v) is 3.88. The van der Waals surface area contributed by atoms with Gasteiger partial charge >= 0.3 is 0 Å². The molecule has 0 saturated carbocycles. The molecule has 3 rings (SSSR count). The second kappa shape index (κ2) is 4.78. The summed E-state index contributed by atoms with van der Waals surface area (Å²) in [5.74, 6) is 0.0982. The predicted octanol–water partition coefficient (Wildman–Crippen LogP) is 2.62. The molecule has 0 radical (unpaired) electrons. The molecule has 2 heterocycles. The van der Waals surface area contributed by atoms with E-state index < -0.39 is 6.10 Å². The zero-order chi connectivity index (χ0) is 13.4. The Labute approximate surface area is 113 Å². The molecule has 4 heteroatoms. The minimum absolute atomic E-state index is 0.0982. The minimum Gasteiger partial charge on any atom is -0.388 e. The first-order valence-electron chi connectivity index (χ1n) is 6.82. The van der Waals surface area contributed by atoms with Crippen LogP contribution in [0.5, 0.6) is 0 Å². The van der Waals surface area contributed by atoms with Crippen LogP contribution < -0.4 is 0 Å². The van der Waals surface area contributed by atoms with Crippen molar-refractivity contribution in [2.45, 2.75) is 44.8 Å². The molecule has 0 bridgehead atoms. The van der Waals surface area contributed by atoms with Crippen LogP contribution >= 0.6 is 0 Å². The second-order valence-electron chi connectivity index (χ2n) is 5.49. The number of aromatic nitrogens is 3. The number of nitrogens with zero attached hydrogens (tertiary/aromatic N) is 3. The largest absolute Gasteiger partial charge is 0.388 e. The van der Waals surface area contributed by atoms with Gasteiger partial charge in [0.2, 0.25) is 0 Å². The molecule has 1 aliphatic carbocycles. The fourth-order valence-corrected chi connectivity index (χ4v) is 2.77. The van der Waals surface area contributed by atoms with E-state index in [2.05, 4.69) is 30.0 Å². The summed E-state index contributed by atoms with van der Waals surface area (Å²) in [6, 6.07) is 4.38. The number of aliphatic hydroxyl groups excluding tert-OH is 1. The van der Waals surface area contributed by atoms with Gasteiger partial charge in [0.1, 0.15) is 0 Å². The van der Waals surface area contributed by atoms with Gasteiger partial charge in [-0.2, -0.15) is 5.10 Å². The van der Waals surface area contributed by atoms with Gasteiger partial charge in [-0.3, -0.25) is 9.67 Å². The number of aliphatic hydroxyl groups is 1. The maximum Gasteiger partial charge on any atom is 0.0904 e. The topological polar surface area (TPSA) is 50.9 Å². The first kappa shape index (κ1) is 12.4. The molecule has 0 saturated heterocycles. The molecule has 0 fully saturated rings. The van der Waals surface area contributed by atoms with Crippen LogP contribution in [0.3, 0.4) is 0 Å². The highest BCUT2D eigenvalue weighted by Gasteiger charge is 2.31. The Morgan fingerprint density at radius 3 is 3.00 bits per heavy atom. The highest BCUT2D eigenvalue weighted by Crippen LogP contribution is 2.40. The minimum atomic E-state index is -0.511. The van der Waals surface area contributed by atoms with Crippen LogP contribution in [0.4, 0.5) is 0 Å². The van der Waals surface area contributed by atoms with Crippen molar-refractivity contribution in [2.24, 2.45) is 0 Å². The summed E-state index contributed by atoms with van der Waals surface area (Å²) in [5.41, 5.74) is 3.20. The van der Waals surface area contributed by atoms with Gasteiger partial charge < -0.3 is 5.11 Å². The highest BCUT2D eigenvalue weighted by molar-refractivity contribution is 5.31. The number of rotatable bonds is 3. The van der Waals surface area contributed by atoms with E-state index in [4.69, 9.17) is 0 Å². The van der Waals surface area contributed by atoms with E-state index >= 15 is 0 Å². The molecule has 2 unspecified atom stereocenters. The van der Waals surface area contributed by atoms with Crippen LogP contribution in [-0.2, 0) is 6.42 Å². The summed E-state index contributed by atoms with van der Waals surface area (Å²) in [5, 5.41) is 14.9. The molecule has 0 aliphatic heterocycles. The molecular weight excluding hydrogens is 238 g/mol. The molecule has 100 valence electrons. The van der Waals surface area contributed by atoms with Gasteiger partial charge in [0.15, 0.2) is 0 Å². The summed E-state index contributed by atoms with van der Waals surface area (Å²) >= 11 is 0. The van der Waals surface area contributed by atoms with Gasteiger partial charge in [-0.05, 0) is 38.3 Å². The lowest BCUT2D eigenvalue weighted by molar-refractivity contribution is 0.143. The summed E-state index contributed by atoms with van der Waals surface area (Å²) in [6.45, 7) is 4.16. The molecule has 1 N–H and O–H groups in total.